The number of para-hydroxylation sites is 2. The van der Waals surface area contributed by atoms with Crippen molar-refractivity contribution in [2.45, 2.75) is 104 Å². The molecule has 2 aromatic carbocycles. The van der Waals surface area contributed by atoms with Crippen LogP contribution in [0.25, 0.3) is 0 Å². The molecule has 1 N–H and O–H groups in total. The van der Waals surface area contributed by atoms with E-state index in [0.29, 0.717) is 17.4 Å². The van der Waals surface area contributed by atoms with E-state index in [2.05, 4.69) is 40.7 Å². The molecule has 0 bridgehead atoms. The first kappa shape index (κ1) is 31.2. The zero-order valence-corrected chi connectivity index (χ0v) is 25.4. The van der Waals surface area contributed by atoms with Crippen molar-refractivity contribution in [2.24, 2.45) is 0 Å². The zero-order valence-electron chi connectivity index (χ0n) is 23.9. The van der Waals surface area contributed by atoms with Gasteiger partial charge in [-0.1, -0.05) is 131 Å². The van der Waals surface area contributed by atoms with Gasteiger partial charge in [-0.2, -0.15) is 4.57 Å². The Labute approximate surface area is 244 Å². The van der Waals surface area contributed by atoms with Crippen molar-refractivity contribution < 1.29 is 14.1 Å². The van der Waals surface area contributed by atoms with Gasteiger partial charge in [0.1, 0.15) is 5.75 Å². The summed E-state index contributed by atoms with van der Waals surface area (Å²) in [5.41, 5.74) is 6.03. The van der Waals surface area contributed by atoms with Crippen molar-refractivity contribution in [1.82, 2.24) is 0 Å². The quantitative estimate of drug-likeness (QED) is 0.115. The lowest BCUT2D eigenvalue weighted by molar-refractivity contribution is -0.689. The van der Waals surface area contributed by atoms with Gasteiger partial charge in [0.15, 0.2) is 12.2 Å². The van der Waals surface area contributed by atoms with E-state index in [4.69, 9.17) is 16.3 Å². The number of rotatable bonds is 19. The van der Waals surface area contributed by atoms with Crippen LogP contribution < -0.4 is 14.6 Å². The van der Waals surface area contributed by atoms with Gasteiger partial charge >= 0.3 is 0 Å². The average molecular weight is 570 g/mol. The second-order valence-electron chi connectivity index (χ2n) is 10.5. The summed E-state index contributed by atoms with van der Waals surface area (Å²) in [4.78, 5) is 13.0. The standard InChI is InChI=1S/C33H45ClN2O2S/c1-3-4-5-6-7-8-9-10-11-12-13-16-22-38-33-28(19-17-20-30(33)34)23-32(37)35-31-21-15-14-18-29(31)24-36-26-39-25-27(36)2/h14-15,17-21,25-26H,3-13,16,22-24H2,1-2H3/p+1. The number of nitrogens with zero attached hydrogens (tertiary/aromatic N) is 1. The van der Waals surface area contributed by atoms with E-state index in [-0.39, 0.29) is 12.3 Å². The number of hydrogen-bond donors (Lipinski definition) is 1. The number of unbranched alkanes of at least 4 members (excludes halogenated alkanes) is 11. The van der Waals surface area contributed by atoms with E-state index in [0.717, 1.165) is 36.2 Å². The number of carbonyl (C=O) groups excluding carboxylic acids is 1. The second kappa shape index (κ2) is 18.1. The van der Waals surface area contributed by atoms with Crippen LogP contribution in [0.4, 0.5) is 5.69 Å². The molecule has 6 heteroatoms. The summed E-state index contributed by atoms with van der Waals surface area (Å²) in [6.45, 7) is 5.70. The second-order valence-corrected chi connectivity index (χ2v) is 11.6. The number of benzene rings is 2. The van der Waals surface area contributed by atoms with E-state index in [9.17, 15) is 4.79 Å². The molecule has 0 aliphatic rings. The highest BCUT2D eigenvalue weighted by molar-refractivity contribution is 7.07. The molecule has 0 unspecified atom stereocenters. The summed E-state index contributed by atoms with van der Waals surface area (Å²) in [6, 6.07) is 13.6. The highest BCUT2D eigenvalue weighted by Gasteiger charge is 2.16. The molecule has 1 aromatic heterocycles. The minimum Gasteiger partial charge on any atom is -0.492 e. The van der Waals surface area contributed by atoms with Crippen LogP contribution in [0.3, 0.4) is 0 Å². The lowest BCUT2D eigenvalue weighted by Gasteiger charge is -2.14. The number of thiazole rings is 1. The molecule has 39 heavy (non-hydrogen) atoms. The molecule has 0 saturated heterocycles. The molecule has 0 radical (unpaired) electrons. The van der Waals surface area contributed by atoms with Gasteiger partial charge in [-0.15, -0.1) is 0 Å². The Morgan fingerprint density at radius 1 is 0.872 bits per heavy atom. The van der Waals surface area contributed by atoms with Crippen molar-refractivity contribution in [1.29, 1.82) is 0 Å². The number of halogens is 1. The Kier molecular flexibility index (Phi) is 14.4. The fraction of sp³-hybridized carbons (Fsp3) is 0.515. The van der Waals surface area contributed by atoms with Gasteiger partial charge in [-0.25, -0.2) is 0 Å². The molecule has 0 aliphatic heterocycles. The Bertz CT molecular complexity index is 1130. The van der Waals surface area contributed by atoms with Crippen molar-refractivity contribution in [3.63, 3.8) is 0 Å². The number of aromatic nitrogens is 1. The van der Waals surface area contributed by atoms with Crippen molar-refractivity contribution >= 4 is 34.5 Å². The van der Waals surface area contributed by atoms with Gasteiger partial charge in [0, 0.05) is 18.1 Å². The average Bonchev–Trinajstić information content (AvgIpc) is 3.33. The van der Waals surface area contributed by atoms with Gasteiger partial charge in [-0.05, 0) is 18.6 Å². The molecule has 0 aliphatic carbocycles. The Balaban J connectivity index is 1.40. The van der Waals surface area contributed by atoms with Crippen LogP contribution in [0.2, 0.25) is 5.02 Å². The van der Waals surface area contributed by atoms with Crippen molar-refractivity contribution in [3.05, 3.63) is 75.2 Å². The van der Waals surface area contributed by atoms with Crippen LogP contribution >= 0.6 is 22.9 Å². The number of amides is 1. The predicted octanol–water partition coefficient (Wildman–Crippen LogP) is 9.31. The molecule has 3 rings (SSSR count). The maximum absolute atomic E-state index is 13.0. The van der Waals surface area contributed by atoms with E-state index < -0.39 is 0 Å². The molecule has 0 fully saturated rings. The topological polar surface area (TPSA) is 42.2 Å². The molecule has 212 valence electrons. The maximum Gasteiger partial charge on any atom is 0.228 e. The molecule has 1 heterocycles. The van der Waals surface area contributed by atoms with Gasteiger partial charge in [0.05, 0.1) is 29.1 Å². The van der Waals surface area contributed by atoms with Gasteiger partial charge in [0.25, 0.3) is 0 Å². The number of aryl methyl sites for hydroxylation is 1. The third kappa shape index (κ3) is 11.3. The van der Waals surface area contributed by atoms with Crippen LogP contribution in [-0.4, -0.2) is 12.5 Å². The third-order valence-corrected chi connectivity index (χ3v) is 8.31. The summed E-state index contributed by atoms with van der Waals surface area (Å²) in [5.74, 6) is 0.557. The minimum absolute atomic E-state index is 0.0769. The summed E-state index contributed by atoms with van der Waals surface area (Å²) in [5, 5.41) is 5.79. The largest absolute Gasteiger partial charge is 0.492 e. The summed E-state index contributed by atoms with van der Waals surface area (Å²) < 4.78 is 8.29. The van der Waals surface area contributed by atoms with Crippen LogP contribution in [0.5, 0.6) is 5.75 Å². The highest BCUT2D eigenvalue weighted by Crippen LogP contribution is 2.30. The van der Waals surface area contributed by atoms with Crippen LogP contribution in [-0.2, 0) is 17.8 Å². The van der Waals surface area contributed by atoms with Gasteiger partial charge in [0.2, 0.25) is 11.4 Å². The molecule has 1 amide bonds. The number of hydrogen-bond acceptors (Lipinski definition) is 3. The van der Waals surface area contributed by atoms with Crippen molar-refractivity contribution in [2.75, 3.05) is 11.9 Å². The monoisotopic (exact) mass is 569 g/mol. The number of nitrogens with one attached hydrogen (secondary N) is 1. The van der Waals surface area contributed by atoms with E-state index >= 15 is 0 Å². The number of ether oxygens (including phenoxy) is 1. The number of carbonyl (C=O) groups is 1. The maximum atomic E-state index is 13.0. The summed E-state index contributed by atoms with van der Waals surface area (Å²) >= 11 is 8.16. The first-order valence-corrected chi connectivity index (χ1v) is 16.1. The Morgan fingerprint density at radius 3 is 2.18 bits per heavy atom. The Morgan fingerprint density at radius 2 is 1.51 bits per heavy atom. The van der Waals surface area contributed by atoms with Crippen molar-refractivity contribution in [3.8, 4) is 5.75 Å². The van der Waals surface area contributed by atoms with E-state index in [1.165, 1.54) is 69.9 Å². The van der Waals surface area contributed by atoms with E-state index in [1.807, 2.05) is 36.4 Å². The molecular weight excluding hydrogens is 524 g/mol. The molecular formula is C33H46ClN2O2S+. The molecule has 0 saturated carbocycles. The highest BCUT2D eigenvalue weighted by atomic mass is 35.5. The number of anilines is 1. The molecule has 3 aromatic rings. The SMILES string of the molecule is CCCCCCCCCCCCCCOc1c(Cl)cccc1CC(=O)Nc1ccccc1C[n+]1cscc1C. The minimum atomic E-state index is -0.0769. The first-order valence-electron chi connectivity index (χ1n) is 14.8. The summed E-state index contributed by atoms with van der Waals surface area (Å²) in [7, 11) is 0. The predicted molar refractivity (Wildman–Crippen MR) is 165 cm³/mol. The third-order valence-electron chi connectivity index (χ3n) is 7.16. The van der Waals surface area contributed by atoms with Crippen LogP contribution in [0.15, 0.2) is 53.4 Å². The lowest BCUT2D eigenvalue weighted by atomic mass is 10.1. The lowest BCUT2D eigenvalue weighted by Crippen LogP contribution is -2.34. The zero-order chi connectivity index (χ0) is 27.7. The fourth-order valence-electron chi connectivity index (χ4n) is 4.82. The fourth-order valence-corrected chi connectivity index (χ4v) is 5.85. The first-order chi connectivity index (χ1) is 19.1. The van der Waals surface area contributed by atoms with Crippen LogP contribution in [0.1, 0.15) is 101 Å². The normalized spacial score (nSPS) is 11.1. The smallest absolute Gasteiger partial charge is 0.228 e. The van der Waals surface area contributed by atoms with Gasteiger partial charge < -0.3 is 10.1 Å². The summed E-state index contributed by atoms with van der Waals surface area (Å²) in [6.07, 6.45) is 15.9. The Hall–Kier alpha value is -2.37. The molecule has 4 nitrogen and oxygen atoms in total. The molecule has 0 atom stereocenters. The molecule has 0 spiro atoms. The van der Waals surface area contributed by atoms with E-state index in [1.54, 1.807) is 11.3 Å². The van der Waals surface area contributed by atoms with Gasteiger partial charge in [-0.3, -0.25) is 4.79 Å². The van der Waals surface area contributed by atoms with Crippen LogP contribution in [0, 0.1) is 6.92 Å².